The van der Waals surface area contributed by atoms with Crippen molar-refractivity contribution >= 4 is 23.2 Å². The molecule has 8 heteroatoms. The summed E-state index contributed by atoms with van der Waals surface area (Å²) in [6, 6.07) is 19.0. The van der Waals surface area contributed by atoms with Gasteiger partial charge in [0.15, 0.2) is 0 Å². The van der Waals surface area contributed by atoms with E-state index in [1.54, 1.807) is 48.4 Å². The maximum atomic E-state index is 13.9. The fraction of sp³-hybridized carbons (Fsp3) is 0.310. The fourth-order valence-corrected chi connectivity index (χ4v) is 5.31. The molecule has 37 heavy (non-hydrogen) atoms. The molecule has 192 valence electrons. The molecule has 3 aromatic carbocycles. The molecule has 0 unspecified atom stereocenters. The first kappa shape index (κ1) is 24.7. The van der Waals surface area contributed by atoms with E-state index in [4.69, 9.17) is 4.74 Å². The zero-order valence-electron chi connectivity index (χ0n) is 20.6. The molecular weight excluding hydrogens is 476 g/mol. The van der Waals surface area contributed by atoms with E-state index in [2.05, 4.69) is 4.90 Å². The van der Waals surface area contributed by atoms with Gasteiger partial charge in [-0.25, -0.2) is 8.78 Å². The topological polar surface area (TPSA) is 53.1 Å². The number of methoxy groups -OCH3 is 1. The third-order valence-corrected chi connectivity index (χ3v) is 7.26. The van der Waals surface area contributed by atoms with Crippen molar-refractivity contribution in [3.8, 4) is 5.75 Å². The number of ether oxygens (including phenoxy) is 1. The van der Waals surface area contributed by atoms with Crippen molar-refractivity contribution in [2.45, 2.75) is 18.9 Å². The Bertz CT molecular complexity index is 1240. The number of piperidine rings is 1. The van der Waals surface area contributed by atoms with Crippen molar-refractivity contribution in [1.82, 2.24) is 4.90 Å². The number of carbonyl (C=O) groups excluding carboxylic acids is 2. The standard InChI is InChI=1S/C29H29F2N3O3/c1-37-25-12-10-24(11-13-25)34-27(35)15-14-26(28(34)20-2-4-21(30)5-3-20)29(36)33-18-16-32(17-19-33)23-8-6-22(31)7-9-23/h2-13,26,28H,14-19H2,1H3/t26-,28+/m1/s1. The molecule has 2 aliphatic rings. The summed E-state index contributed by atoms with van der Waals surface area (Å²) in [7, 11) is 1.58. The molecule has 2 aliphatic heterocycles. The Morgan fingerprint density at radius 3 is 1.97 bits per heavy atom. The number of halogens is 2. The third kappa shape index (κ3) is 5.14. The van der Waals surface area contributed by atoms with Gasteiger partial charge >= 0.3 is 0 Å². The lowest BCUT2D eigenvalue weighted by molar-refractivity contribution is -0.138. The van der Waals surface area contributed by atoms with Crippen LogP contribution in [0, 0.1) is 17.6 Å². The zero-order chi connectivity index (χ0) is 25.9. The quantitative estimate of drug-likeness (QED) is 0.500. The number of piperazine rings is 1. The molecule has 0 aliphatic carbocycles. The van der Waals surface area contributed by atoms with Gasteiger partial charge in [-0.1, -0.05) is 12.1 Å². The highest BCUT2D eigenvalue weighted by Gasteiger charge is 2.43. The molecule has 0 bridgehead atoms. The molecule has 6 nitrogen and oxygen atoms in total. The number of hydrogen-bond acceptors (Lipinski definition) is 4. The molecule has 0 radical (unpaired) electrons. The van der Waals surface area contributed by atoms with Crippen molar-refractivity contribution in [1.29, 1.82) is 0 Å². The van der Waals surface area contributed by atoms with Gasteiger partial charge in [-0.2, -0.15) is 0 Å². The van der Waals surface area contributed by atoms with Crippen LogP contribution in [-0.2, 0) is 9.59 Å². The van der Waals surface area contributed by atoms with E-state index in [1.807, 2.05) is 17.0 Å². The average Bonchev–Trinajstić information content (AvgIpc) is 2.93. The van der Waals surface area contributed by atoms with E-state index in [-0.39, 0.29) is 29.9 Å². The molecule has 0 aromatic heterocycles. The number of rotatable bonds is 5. The Balaban J connectivity index is 1.41. The van der Waals surface area contributed by atoms with E-state index >= 15 is 0 Å². The molecule has 0 N–H and O–H groups in total. The Hall–Kier alpha value is -3.94. The Labute approximate surface area is 215 Å². The van der Waals surface area contributed by atoms with E-state index in [9.17, 15) is 18.4 Å². The van der Waals surface area contributed by atoms with E-state index in [0.717, 1.165) is 5.69 Å². The van der Waals surface area contributed by atoms with Crippen LogP contribution >= 0.6 is 0 Å². The molecule has 5 rings (SSSR count). The lowest BCUT2D eigenvalue weighted by Gasteiger charge is -2.44. The van der Waals surface area contributed by atoms with Crippen molar-refractivity contribution in [2.24, 2.45) is 5.92 Å². The number of carbonyl (C=O) groups is 2. The maximum Gasteiger partial charge on any atom is 0.228 e. The molecule has 0 spiro atoms. The number of amides is 2. The number of nitrogens with zero attached hydrogens (tertiary/aromatic N) is 3. The van der Waals surface area contributed by atoms with E-state index < -0.39 is 12.0 Å². The van der Waals surface area contributed by atoms with E-state index in [1.165, 1.54) is 24.3 Å². The van der Waals surface area contributed by atoms with Crippen molar-refractivity contribution < 1.29 is 23.1 Å². The van der Waals surface area contributed by atoms with Crippen LogP contribution in [0.4, 0.5) is 20.2 Å². The Kier molecular flexibility index (Phi) is 7.08. The second-order valence-electron chi connectivity index (χ2n) is 9.39. The summed E-state index contributed by atoms with van der Waals surface area (Å²) in [6.07, 6.45) is 0.667. The predicted octanol–water partition coefficient (Wildman–Crippen LogP) is 4.81. The first-order valence-electron chi connectivity index (χ1n) is 12.5. The van der Waals surface area contributed by atoms with Crippen molar-refractivity contribution in [3.05, 3.63) is 90.0 Å². The van der Waals surface area contributed by atoms with Gasteiger partial charge in [-0.05, 0) is 72.6 Å². The summed E-state index contributed by atoms with van der Waals surface area (Å²) in [5.74, 6) is -0.552. The molecular formula is C29H29F2N3O3. The minimum atomic E-state index is -0.558. The molecule has 2 atom stereocenters. The normalized spacial score (nSPS) is 20.2. The van der Waals surface area contributed by atoms with Gasteiger partial charge < -0.3 is 19.4 Å². The molecule has 0 saturated carbocycles. The van der Waals surface area contributed by atoms with Crippen LogP contribution in [0.2, 0.25) is 0 Å². The highest BCUT2D eigenvalue weighted by molar-refractivity contribution is 5.97. The zero-order valence-corrected chi connectivity index (χ0v) is 20.6. The van der Waals surface area contributed by atoms with Gasteiger partial charge in [0.05, 0.1) is 19.1 Å². The number of hydrogen-bond donors (Lipinski definition) is 0. The lowest BCUT2D eigenvalue weighted by atomic mass is 9.82. The van der Waals surface area contributed by atoms with Gasteiger partial charge in [0.1, 0.15) is 17.4 Å². The second-order valence-corrected chi connectivity index (χ2v) is 9.39. The summed E-state index contributed by atoms with van der Waals surface area (Å²) in [6.45, 7) is 2.32. The highest BCUT2D eigenvalue weighted by atomic mass is 19.1. The largest absolute Gasteiger partial charge is 0.497 e. The van der Waals surface area contributed by atoms with Gasteiger partial charge in [-0.3, -0.25) is 9.59 Å². The second kappa shape index (κ2) is 10.6. The van der Waals surface area contributed by atoms with Crippen molar-refractivity contribution in [3.63, 3.8) is 0 Å². The summed E-state index contributed by atoms with van der Waals surface area (Å²) in [4.78, 5) is 32.8. The van der Waals surface area contributed by atoms with Crippen LogP contribution in [-0.4, -0.2) is 50.0 Å². The smallest absolute Gasteiger partial charge is 0.228 e. The summed E-state index contributed by atoms with van der Waals surface area (Å²) in [5, 5.41) is 0. The van der Waals surface area contributed by atoms with Gasteiger partial charge in [0.2, 0.25) is 11.8 Å². The predicted molar refractivity (Wildman–Crippen MR) is 138 cm³/mol. The minimum absolute atomic E-state index is 0.0147. The van der Waals surface area contributed by atoms with Crippen molar-refractivity contribution in [2.75, 3.05) is 43.1 Å². The fourth-order valence-electron chi connectivity index (χ4n) is 5.31. The average molecular weight is 506 g/mol. The first-order valence-corrected chi connectivity index (χ1v) is 12.5. The summed E-state index contributed by atoms with van der Waals surface area (Å²) < 4.78 is 32.4. The van der Waals surface area contributed by atoms with Gasteiger partial charge in [0.25, 0.3) is 0 Å². The molecule has 2 amide bonds. The van der Waals surface area contributed by atoms with Crippen LogP contribution in [0.25, 0.3) is 0 Å². The summed E-state index contributed by atoms with van der Waals surface area (Å²) >= 11 is 0. The van der Waals surface area contributed by atoms with Gasteiger partial charge in [-0.15, -0.1) is 0 Å². The maximum absolute atomic E-state index is 13.9. The summed E-state index contributed by atoms with van der Waals surface area (Å²) in [5.41, 5.74) is 2.30. The number of anilines is 2. The molecule has 2 heterocycles. The van der Waals surface area contributed by atoms with Crippen LogP contribution < -0.4 is 14.5 Å². The van der Waals surface area contributed by atoms with Crippen LogP contribution in [0.3, 0.4) is 0 Å². The number of benzene rings is 3. The van der Waals surface area contributed by atoms with Crippen LogP contribution in [0.5, 0.6) is 5.75 Å². The molecule has 2 fully saturated rings. The molecule has 2 saturated heterocycles. The Morgan fingerprint density at radius 2 is 1.38 bits per heavy atom. The third-order valence-electron chi connectivity index (χ3n) is 7.26. The van der Waals surface area contributed by atoms with Gasteiger partial charge in [0, 0.05) is 44.0 Å². The highest BCUT2D eigenvalue weighted by Crippen LogP contribution is 2.41. The van der Waals surface area contributed by atoms with Crippen LogP contribution in [0.1, 0.15) is 24.4 Å². The minimum Gasteiger partial charge on any atom is -0.497 e. The monoisotopic (exact) mass is 505 g/mol. The van der Waals surface area contributed by atoms with E-state index in [0.29, 0.717) is 49.6 Å². The Morgan fingerprint density at radius 1 is 0.811 bits per heavy atom. The lowest BCUT2D eigenvalue weighted by Crippen LogP contribution is -2.54. The van der Waals surface area contributed by atoms with Crippen LogP contribution in [0.15, 0.2) is 72.8 Å². The SMILES string of the molecule is COc1ccc(N2C(=O)CC[C@@H](C(=O)N3CCN(c4ccc(F)cc4)CC3)[C@@H]2c2ccc(F)cc2)cc1. The molecule has 3 aromatic rings. The first-order chi connectivity index (χ1) is 17.9.